The zero-order valence-electron chi connectivity index (χ0n) is 18.4. The van der Waals surface area contributed by atoms with Gasteiger partial charge in [0, 0.05) is 25.5 Å². The second-order valence-electron chi connectivity index (χ2n) is 9.08. The van der Waals surface area contributed by atoms with Crippen LogP contribution in [0.25, 0.3) is 5.65 Å². The fraction of sp³-hybridized carbons (Fsp3) is 0.545. The lowest BCUT2D eigenvalue weighted by molar-refractivity contribution is 0.102. The van der Waals surface area contributed by atoms with Gasteiger partial charge in [-0.15, -0.1) is 0 Å². The quantitative estimate of drug-likeness (QED) is 0.606. The van der Waals surface area contributed by atoms with Gasteiger partial charge >= 0.3 is 0 Å². The van der Waals surface area contributed by atoms with Gasteiger partial charge in [0.2, 0.25) is 0 Å². The van der Waals surface area contributed by atoms with Crippen molar-refractivity contribution < 1.29 is 18.7 Å². The molecule has 0 radical (unpaired) electrons. The number of aliphatic hydroxyl groups is 1. The zero-order chi connectivity index (χ0) is 23.1. The largest absolute Gasteiger partial charge is 0.391 e. The second kappa shape index (κ2) is 8.69. The summed E-state index contributed by atoms with van der Waals surface area (Å²) >= 11 is 0. The number of β-amino-alcohol motifs (C(OH)–C–C–N with tert-alkyl or cyclic N) is 1. The number of carbonyl (C=O) groups is 1. The molecule has 0 spiro atoms. The van der Waals surface area contributed by atoms with Crippen LogP contribution in [0, 0.1) is 5.92 Å². The summed E-state index contributed by atoms with van der Waals surface area (Å²) in [5, 5.41) is 20.7. The summed E-state index contributed by atoms with van der Waals surface area (Å²) in [5.74, 6) is 0.679. The fourth-order valence-corrected chi connectivity index (χ4v) is 4.69. The Morgan fingerprint density at radius 2 is 2.03 bits per heavy atom. The number of aliphatic hydroxyl groups excluding tert-OH is 1. The van der Waals surface area contributed by atoms with Crippen molar-refractivity contribution in [3.63, 3.8) is 0 Å². The summed E-state index contributed by atoms with van der Waals surface area (Å²) in [4.78, 5) is 19.5. The van der Waals surface area contributed by atoms with Crippen LogP contribution in [0.15, 0.2) is 24.7 Å². The van der Waals surface area contributed by atoms with E-state index in [1.807, 2.05) is 4.90 Å². The minimum absolute atomic E-state index is 0.00629. The van der Waals surface area contributed by atoms with E-state index in [-0.39, 0.29) is 17.3 Å². The normalized spacial score (nSPS) is 23.5. The molecule has 0 aromatic carbocycles. The topological polar surface area (TPSA) is 101 Å². The Kier molecular flexibility index (Phi) is 5.73. The predicted molar refractivity (Wildman–Crippen MR) is 118 cm³/mol. The maximum atomic E-state index is 13.7. The van der Waals surface area contributed by atoms with Gasteiger partial charge in [-0.2, -0.15) is 10.2 Å². The number of nitrogens with zero attached hydrogens (tertiary/aromatic N) is 6. The number of hydrogen-bond acceptors (Lipinski definition) is 6. The third-order valence-corrected chi connectivity index (χ3v) is 6.66. The highest BCUT2D eigenvalue weighted by molar-refractivity contribution is 6.08. The smallest absolute Gasteiger partial charge is 0.284 e. The van der Waals surface area contributed by atoms with Gasteiger partial charge in [-0.05, 0) is 44.1 Å². The van der Waals surface area contributed by atoms with Gasteiger partial charge in [0.25, 0.3) is 12.3 Å². The molecule has 9 nitrogen and oxygen atoms in total. The zero-order valence-corrected chi connectivity index (χ0v) is 18.4. The van der Waals surface area contributed by atoms with E-state index in [2.05, 4.69) is 27.4 Å². The van der Waals surface area contributed by atoms with Crippen molar-refractivity contribution in [3.8, 4) is 0 Å². The maximum Gasteiger partial charge on any atom is 0.284 e. The Balaban J connectivity index is 1.40. The molecule has 1 saturated carbocycles. The summed E-state index contributed by atoms with van der Waals surface area (Å²) in [6, 6.07) is 1.82. The van der Waals surface area contributed by atoms with Crippen LogP contribution >= 0.6 is 0 Å². The molecule has 2 N–H and O–H groups in total. The van der Waals surface area contributed by atoms with Crippen LogP contribution in [-0.4, -0.2) is 54.6 Å². The monoisotopic (exact) mass is 459 g/mol. The molecular weight excluding hydrogens is 432 g/mol. The molecule has 2 aliphatic rings. The van der Waals surface area contributed by atoms with Crippen molar-refractivity contribution >= 4 is 23.1 Å². The van der Waals surface area contributed by atoms with Crippen molar-refractivity contribution in [1.82, 2.24) is 24.4 Å². The molecule has 11 heteroatoms. The number of aromatic nitrogens is 5. The standard InChI is InChI=1S/C22H27F2N7O2/c1-13-2-4-14(5-3-13)31-12-17(19(28-31)20(23)24)26-22(33)16-10-25-30-9-7-18(27-21(16)30)29-8-6-15(32)11-29/h7,9-10,12-15,20,32H,2-6,8,11H2,1H3,(H,26,33)/t13-,14-,15-/m1/s1. The third kappa shape index (κ3) is 4.29. The van der Waals surface area contributed by atoms with E-state index >= 15 is 0 Å². The number of fused-ring (bicyclic) bond motifs is 1. The molecule has 0 bridgehead atoms. The van der Waals surface area contributed by atoms with Gasteiger partial charge in [-0.25, -0.2) is 18.3 Å². The molecule has 3 aromatic heterocycles. The lowest BCUT2D eigenvalue weighted by atomic mass is 9.87. The minimum Gasteiger partial charge on any atom is -0.391 e. The molecule has 1 amide bonds. The Hall–Kier alpha value is -3.08. The van der Waals surface area contributed by atoms with Crippen LogP contribution in [0.5, 0.6) is 0 Å². The average molecular weight is 460 g/mol. The lowest BCUT2D eigenvalue weighted by Crippen LogP contribution is -2.22. The van der Waals surface area contributed by atoms with E-state index in [9.17, 15) is 18.7 Å². The first-order chi connectivity index (χ1) is 15.9. The summed E-state index contributed by atoms with van der Waals surface area (Å²) < 4.78 is 30.4. The second-order valence-corrected chi connectivity index (χ2v) is 9.08. The van der Waals surface area contributed by atoms with Gasteiger partial charge in [-0.1, -0.05) is 6.92 Å². The van der Waals surface area contributed by atoms with Gasteiger partial charge in [0.1, 0.15) is 11.4 Å². The molecule has 33 heavy (non-hydrogen) atoms. The summed E-state index contributed by atoms with van der Waals surface area (Å²) in [6.45, 7) is 3.32. The molecule has 1 aliphatic carbocycles. The van der Waals surface area contributed by atoms with E-state index in [4.69, 9.17) is 0 Å². The molecule has 5 rings (SSSR count). The van der Waals surface area contributed by atoms with E-state index in [1.165, 1.54) is 16.9 Å². The molecular formula is C22H27F2N7O2. The average Bonchev–Trinajstić information content (AvgIpc) is 3.52. The summed E-state index contributed by atoms with van der Waals surface area (Å²) in [5.41, 5.74) is 0.0691. The number of anilines is 2. The molecule has 1 atom stereocenters. The predicted octanol–water partition coefficient (Wildman–Crippen LogP) is 3.44. The van der Waals surface area contributed by atoms with Crippen LogP contribution < -0.4 is 10.2 Å². The highest BCUT2D eigenvalue weighted by Crippen LogP contribution is 2.34. The van der Waals surface area contributed by atoms with Crippen molar-refractivity contribution in [3.05, 3.63) is 35.9 Å². The van der Waals surface area contributed by atoms with E-state index in [1.54, 1.807) is 16.9 Å². The summed E-state index contributed by atoms with van der Waals surface area (Å²) in [6.07, 6.45) is 5.82. The highest BCUT2D eigenvalue weighted by atomic mass is 19.3. The minimum atomic E-state index is -2.81. The molecule has 2 fully saturated rings. The maximum absolute atomic E-state index is 13.7. The van der Waals surface area contributed by atoms with Gasteiger partial charge in [-0.3, -0.25) is 9.48 Å². The molecule has 176 valence electrons. The Bertz CT molecular complexity index is 1150. The van der Waals surface area contributed by atoms with Gasteiger partial charge in [0.05, 0.1) is 24.0 Å². The number of alkyl halides is 2. The molecule has 1 saturated heterocycles. The van der Waals surface area contributed by atoms with Crippen molar-refractivity contribution in [2.45, 2.75) is 57.6 Å². The van der Waals surface area contributed by atoms with E-state index in [0.717, 1.165) is 25.7 Å². The third-order valence-electron chi connectivity index (χ3n) is 6.66. The SMILES string of the molecule is C[C@H]1CC[C@H](n2cc(NC(=O)c3cnn4ccc(N5CC[C@@H](O)C5)nc34)c(C(F)F)n2)CC1. The van der Waals surface area contributed by atoms with Crippen molar-refractivity contribution in [2.75, 3.05) is 23.3 Å². The molecule has 4 heterocycles. The van der Waals surface area contributed by atoms with Crippen LogP contribution in [0.1, 0.15) is 67.5 Å². The number of rotatable bonds is 5. The van der Waals surface area contributed by atoms with Crippen molar-refractivity contribution in [1.29, 1.82) is 0 Å². The number of amides is 1. The summed E-state index contributed by atoms with van der Waals surface area (Å²) in [7, 11) is 0. The first kappa shape index (κ1) is 21.7. The molecule has 0 unspecified atom stereocenters. The Labute approximate surface area is 189 Å². The number of hydrogen-bond donors (Lipinski definition) is 2. The van der Waals surface area contributed by atoms with Gasteiger partial charge < -0.3 is 15.3 Å². The van der Waals surface area contributed by atoms with Crippen LogP contribution in [0.2, 0.25) is 0 Å². The lowest BCUT2D eigenvalue weighted by Gasteiger charge is -2.26. The Morgan fingerprint density at radius 3 is 2.73 bits per heavy atom. The first-order valence-electron chi connectivity index (χ1n) is 11.3. The number of nitrogens with one attached hydrogen (secondary N) is 1. The fourth-order valence-electron chi connectivity index (χ4n) is 4.69. The number of carbonyl (C=O) groups excluding carboxylic acids is 1. The van der Waals surface area contributed by atoms with Crippen molar-refractivity contribution in [2.24, 2.45) is 5.92 Å². The van der Waals surface area contributed by atoms with Crippen LogP contribution in [-0.2, 0) is 0 Å². The van der Waals surface area contributed by atoms with E-state index < -0.39 is 24.1 Å². The molecule has 3 aromatic rings. The van der Waals surface area contributed by atoms with Crippen LogP contribution in [0.3, 0.4) is 0 Å². The Morgan fingerprint density at radius 1 is 1.24 bits per heavy atom. The first-order valence-corrected chi connectivity index (χ1v) is 11.3. The van der Waals surface area contributed by atoms with E-state index in [0.29, 0.717) is 36.9 Å². The van der Waals surface area contributed by atoms with Crippen LogP contribution in [0.4, 0.5) is 20.3 Å². The number of halogens is 2. The highest BCUT2D eigenvalue weighted by Gasteiger charge is 2.27. The molecule has 1 aliphatic heterocycles. The van der Waals surface area contributed by atoms with Gasteiger partial charge in [0.15, 0.2) is 11.3 Å².